The number of para-hydroxylation sites is 1. The molecule has 1 unspecified atom stereocenters. The van der Waals surface area contributed by atoms with Gasteiger partial charge in [0.2, 0.25) is 10.7 Å². The van der Waals surface area contributed by atoms with Gasteiger partial charge in [-0.25, -0.2) is 4.98 Å². The summed E-state index contributed by atoms with van der Waals surface area (Å²) < 4.78 is 22.3. The van der Waals surface area contributed by atoms with Gasteiger partial charge in [-0.3, -0.25) is 4.79 Å². The Morgan fingerprint density at radius 1 is 0.976 bits per heavy atom. The lowest BCUT2D eigenvalue weighted by atomic mass is 10.1. The molecule has 12 heteroatoms. The topological polar surface area (TPSA) is 133 Å². The second kappa shape index (κ2) is 11.2. The number of methoxy groups -OCH3 is 3. The number of hydrogen-bond donors (Lipinski definition) is 4. The Hall–Kier alpha value is -4.81. The van der Waals surface area contributed by atoms with Crippen molar-refractivity contribution < 1.29 is 23.4 Å². The lowest BCUT2D eigenvalue weighted by molar-refractivity contribution is 0.0998. The van der Waals surface area contributed by atoms with Crippen LogP contribution in [0.5, 0.6) is 17.2 Å². The maximum atomic E-state index is 13.0. The summed E-state index contributed by atoms with van der Waals surface area (Å²) in [5.41, 5.74) is 11.7. The molecule has 0 saturated carbocycles. The number of thioether (sulfide) groups is 1. The second-order valence-electron chi connectivity index (χ2n) is 9.24. The molecule has 0 spiro atoms. The summed E-state index contributed by atoms with van der Waals surface area (Å²) in [5.74, 6) is 1.82. The lowest BCUT2D eigenvalue weighted by Gasteiger charge is -2.32. The van der Waals surface area contributed by atoms with E-state index in [9.17, 15) is 4.79 Å². The summed E-state index contributed by atoms with van der Waals surface area (Å²) in [4.78, 5) is 17.2. The van der Waals surface area contributed by atoms with E-state index in [-0.39, 0.29) is 11.7 Å². The van der Waals surface area contributed by atoms with Crippen molar-refractivity contribution in [1.29, 1.82) is 0 Å². The van der Waals surface area contributed by atoms with Crippen molar-refractivity contribution in [3.05, 3.63) is 93.8 Å². The molecule has 0 fully saturated rings. The molecule has 2 aromatic heterocycles. The highest BCUT2D eigenvalue weighted by molar-refractivity contribution is 8.03. The normalized spacial score (nSPS) is 16.0. The number of carbonyl (C=O) groups excluding carboxylic acids is 1. The van der Waals surface area contributed by atoms with Gasteiger partial charge in [-0.2, -0.15) is 0 Å². The molecule has 0 bridgehead atoms. The Bertz CT molecular complexity index is 1760. The largest absolute Gasteiger partial charge is 0.493 e. The highest BCUT2D eigenvalue weighted by atomic mass is 32.2. The first-order valence-electron chi connectivity index (χ1n) is 12.8. The molecule has 3 heterocycles. The van der Waals surface area contributed by atoms with Crippen molar-refractivity contribution >= 4 is 62.9 Å². The third kappa shape index (κ3) is 5.06. The number of nitrogens with one attached hydrogen (secondary N) is 3. The van der Waals surface area contributed by atoms with Gasteiger partial charge in [0.05, 0.1) is 32.5 Å². The number of carbonyl (C=O) groups is 1. The van der Waals surface area contributed by atoms with Crippen molar-refractivity contribution in [3.8, 4) is 17.2 Å². The fourth-order valence-corrected chi connectivity index (χ4v) is 6.74. The summed E-state index contributed by atoms with van der Waals surface area (Å²) in [6, 6.07) is 20.5. The van der Waals surface area contributed by atoms with Crippen molar-refractivity contribution in [2.24, 2.45) is 0 Å². The van der Waals surface area contributed by atoms with Crippen molar-refractivity contribution in [2.45, 2.75) is 4.99 Å². The Kier molecular flexibility index (Phi) is 7.31. The van der Waals surface area contributed by atoms with Gasteiger partial charge in [0.1, 0.15) is 16.3 Å². The second-order valence-corrected chi connectivity index (χ2v) is 11.2. The monoisotopic (exact) mass is 601 g/mol. The number of rotatable bonds is 9. The molecule has 10 nitrogen and oxygen atoms in total. The molecule has 6 rings (SSSR count). The van der Waals surface area contributed by atoms with Crippen LogP contribution in [0.4, 0.5) is 17.2 Å². The third-order valence-corrected chi connectivity index (χ3v) is 8.85. The van der Waals surface area contributed by atoms with Crippen LogP contribution >= 0.6 is 23.1 Å². The first kappa shape index (κ1) is 27.4. The fraction of sp³-hybridized carbons (Fsp3) is 0.133. The molecule has 5 N–H and O–H groups in total. The molecule has 0 saturated heterocycles. The van der Waals surface area contributed by atoms with E-state index in [0.29, 0.717) is 40.0 Å². The van der Waals surface area contributed by atoms with Gasteiger partial charge >= 0.3 is 0 Å². The molecule has 1 aliphatic rings. The molecule has 214 valence electrons. The van der Waals surface area contributed by atoms with Gasteiger partial charge in [-0.1, -0.05) is 42.1 Å². The number of amides is 1. The van der Waals surface area contributed by atoms with Gasteiger partial charge in [0.25, 0.3) is 5.91 Å². The molecule has 0 radical (unpaired) electrons. The van der Waals surface area contributed by atoms with E-state index in [0.717, 1.165) is 21.5 Å². The first-order valence-corrected chi connectivity index (χ1v) is 14.5. The minimum atomic E-state index is -0.890. The van der Waals surface area contributed by atoms with E-state index >= 15 is 0 Å². The van der Waals surface area contributed by atoms with Gasteiger partial charge in [0.15, 0.2) is 17.3 Å². The predicted octanol–water partition coefficient (Wildman–Crippen LogP) is 6.31. The van der Waals surface area contributed by atoms with Crippen LogP contribution in [-0.4, -0.2) is 32.2 Å². The minimum absolute atomic E-state index is 0.240. The Labute approximate surface area is 249 Å². The standard InChI is InChI=1S/C30H27N5O5S2/c1-37-23-13-20(14-24(38-2)26(23)39-3)34-30(27-28(31)32-16-41-27)35-21(15-42-30)17-8-6-9-19(11-17)33-29(36)25-12-18-7-4-5-10-22(18)40-25/h4-16,34-35H,31H2,1-3H3,(H,33,36). The number of ether oxygens (including phenoxy) is 3. The first-order chi connectivity index (χ1) is 20.4. The fourth-order valence-electron chi connectivity index (χ4n) is 4.69. The van der Waals surface area contributed by atoms with Gasteiger partial charge < -0.3 is 40.3 Å². The van der Waals surface area contributed by atoms with Crippen molar-refractivity contribution in [3.63, 3.8) is 0 Å². The maximum absolute atomic E-state index is 13.0. The molecule has 5 aromatic rings. The smallest absolute Gasteiger partial charge is 0.291 e. The van der Waals surface area contributed by atoms with Crippen molar-refractivity contribution in [2.75, 3.05) is 37.7 Å². The number of aromatic nitrogens is 1. The number of benzene rings is 3. The number of furan rings is 1. The number of thiazole rings is 1. The summed E-state index contributed by atoms with van der Waals surface area (Å²) >= 11 is 2.94. The maximum Gasteiger partial charge on any atom is 0.291 e. The quantitative estimate of drug-likeness (QED) is 0.152. The number of anilines is 3. The zero-order valence-electron chi connectivity index (χ0n) is 22.9. The van der Waals surface area contributed by atoms with Crippen LogP contribution in [0.15, 0.2) is 82.1 Å². The van der Waals surface area contributed by atoms with Crippen LogP contribution in [0.1, 0.15) is 21.0 Å². The highest BCUT2D eigenvalue weighted by Crippen LogP contribution is 2.49. The third-order valence-electron chi connectivity index (χ3n) is 6.64. The molecular formula is C30H27N5O5S2. The number of hydrogen-bond acceptors (Lipinski definition) is 11. The molecule has 42 heavy (non-hydrogen) atoms. The average Bonchev–Trinajstić information content (AvgIpc) is 3.75. The van der Waals surface area contributed by atoms with E-state index in [4.69, 9.17) is 24.4 Å². The van der Waals surface area contributed by atoms with Gasteiger partial charge in [0, 0.05) is 34.5 Å². The van der Waals surface area contributed by atoms with Crippen LogP contribution in [0.3, 0.4) is 0 Å². The lowest BCUT2D eigenvalue weighted by Crippen LogP contribution is -2.42. The van der Waals surface area contributed by atoms with E-state index in [2.05, 4.69) is 20.9 Å². The number of nitrogens with two attached hydrogens (primary N) is 1. The van der Waals surface area contributed by atoms with Crippen LogP contribution in [0.25, 0.3) is 16.7 Å². The number of nitrogen functional groups attached to an aromatic ring is 1. The van der Waals surface area contributed by atoms with Crippen LogP contribution in [-0.2, 0) is 4.99 Å². The Balaban J connectivity index is 1.27. The molecule has 0 aliphatic carbocycles. The van der Waals surface area contributed by atoms with E-state index in [1.165, 1.54) is 23.1 Å². The minimum Gasteiger partial charge on any atom is -0.493 e. The SMILES string of the molecule is COc1cc(NC2(c3scnc3N)NC(c3cccc(NC(=O)c4cc5ccccc5o4)c3)=CS2)cc(OC)c1OC. The van der Waals surface area contributed by atoms with Gasteiger partial charge in [-0.05, 0) is 29.7 Å². The molecule has 1 amide bonds. The van der Waals surface area contributed by atoms with E-state index in [1.54, 1.807) is 32.9 Å². The summed E-state index contributed by atoms with van der Waals surface area (Å²) in [7, 11) is 4.70. The summed E-state index contributed by atoms with van der Waals surface area (Å²) in [6.45, 7) is 0. The van der Waals surface area contributed by atoms with E-state index < -0.39 is 4.99 Å². The van der Waals surface area contributed by atoms with Crippen LogP contribution in [0.2, 0.25) is 0 Å². The van der Waals surface area contributed by atoms with Gasteiger partial charge in [-0.15, -0.1) is 11.3 Å². The zero-order chi connectivity index (χ0) is 29.3. The molecular weight excluding hydrogens is 574 g/mol. The Morgan fingerprint density at radius 2 is 1.76 bits per heavy atom. The van der Waals surface area contributed by atoms with Crippen LogP contribution in [0, 0.1) is 0 Å². The molecule has 1 aliphatic heterocycles. The average molecular weight is 602 g/mol. The number of nitrogens with zero attached hydrogens (tertiary/aromatic N) is 1. The highest BCUT2D eigenvalue weighted by Gasteiger charge is 2.41. The predicted molar refractivity (Wildman–Crippen MR) is 167 cm³/mol. The van der Waals surface area contributed by atoms with Crippen LogP contribution < -0.4 is 35.9 Å². The van der Waals surface area contributed by atoms with Crippen molar-refractivity contribution in [1.82, 2.24) is 10.3 Å². The zero-order valence-corrected chi connectivity index (χ0v) is 24.5. The summed E-state index contributed by atoms with van der Waals surface area (Å²) in [6.07, 6.45) is 0. The number of fused-ring (bicyclic) bond motifs is 1. The Morgan fingerprint density at radius 3 is 2.45 bits per heavy atom. The molecule has 3 aromatic carbocycles. The summed E-state index contributed by atoms with van der Waals surface area (Å²) in [5, 5.41) is 13.0. The van der Waals surface area contributed by atoms with E-state index in [1.807, 2.05) is 66.1 Å². The molecule has 1 atom stereocenters.